The largest absolute Gasteiger partial charge is 0.394 e. The van der Waals surface area contributed by atoms with Gasteiger partial charge in [-0.1, -0.05) is 11.8 Å². The number of nitrogens with two attached hydrogens (primary N) is 1. The molecule has 5 rings (SSSR count). The molecule has 158 valence electrons. The molecule has 29 heavy (non-hydrogen) atoms. The van der Waals surface area contributed by atoms with Crippen molar-refractivity contribution in [3.63, 3.8) is 0 Å². The van der Waals surface area contributed by atoms with Gasteiger partial charge >= 0.3 is 0 Å². The van der Waals surface area contributed by atoms with E-state index in [9.17, 15) is 10.2 Å². The average Bonchev–Trinajstić information content (AvgIpc) is 3.39. The number of aromatic nitrogens is 4. The summed E-state index contributed by atoms with van der Waals surface area (Å²) in [4.78, 5) is 8.52. The Kier molecular flexibility index (Phi) is 4.72. The Morgan fingerprint density at radius 2 is 2.07 bits per heavy atom. The summed E-state index contributed by atoms with van der Waals surface area (Å²) in [7, 11) is 0. The summed E-state index contributed by atoms with van der Waals surface area (Å²) in [6.07, 6.45) is 1.69. The number of nitrogen functional groups attached to an aromatic ring is 1. The summed E-state index contributed by atoms with van der Waals surface area (Å²) >= 11 is 1.50. The fourth-order valence-corrected chi connectivity index (χ4v) is 5.73. The predicted molar refractivity (Wildman–Crippen MR) is 104 cm³/mol. The molecule has 2 aromatic heterocycles. The van der Waals surface area contributed by atoms with Crippen LogP contribution < -0.4 is 5.73 Å². The zero-order valence-electron chi connectivity index (χ0n) is 16.3. The molecule has 1 saturated carbocycles. The Morgan fingerprint density at radius 3 is 2.79 bits per heavy atom. The summed E-state index contributed by atoms with van der Waals surface area (Å²) in [5, 5.41) is 26.1. The van der Waals surface area contributed by atoms with E-state index < -0.39 is 30.3 Å². The van der Waals surface area contributed by atoms with Crippen LogP contribution in [0.4, 0.5) is 5.82 Å². The number of hydrogen-bond donors (Lipinski definition) is 3. The molecule has 11 heteroatoms. The van der Waals surface area contributed by atoms with Gasteiger partial charge in [-0.3, -0.25) is 0 Å². The van der Waals surface area contributed by atoms with Crippen LogP contribution in [0.5, 0.6) is 0 Å². The van der Waals surface area contributed by atoms with Gasteiger partial charge in [0.15, 0.2) is 17.7 Å². The normalized spacial score (nSPS) is 36.1. The molecule has 1 aliphatic carbocycles. The molecule has 10 nitrogen and oxygen atoms in total. The fraction of sp³-hybridized carbons (Fsp3) is 0.722. The van der Waals surface area contributed by atoms with Crippen molar-refractivity contribution >= 4 is 28.6 Å². The van der Waals surface area contributed by atoms with Crippen molar-refractivity contribution < 1.29 is 24.4 Å². The maximum atomic E-state index is 10.3. The smallest absolute Gasteiger partial charge is 0.181 e. The SMILES string of the molecule is CC1(C)O[C@@H]2[C@H](O1)[C@@H](CO)O[C@H]2n1nc(S[C@H]2CCC[C@@H]2O)c2c(N)ncnc21. The topological polar surface area (TPSA) is 138 Å². The van der Waals surface area contributed by atoms with E-state index in [1.807, 2.05) is 13.8 Å². The van der Waals surface area contributed by atoms with Gasteiger partial charge in [0.05, 0.1) is 18.1 Å². The lowest BCUT2D eigenvalue weighted by molar-refractivity contribution is -0.201. The fourth-order valence-electron chi connectivity index (χ4n) is 4.41. The van der Waals surface area contributed by atoms with Crippen LogP contribution in [-0.2, 0) is 14.2 Å². The van der Waals surface area contributed by atoms with Crippen LogP contribution in [0.2, 0.25) is 0 Å². The lowest BCUT2D eigenvalue weighted by Gasteiger charge is -2.23. The molecule has 2 aliphatic heterocycles. The zero-order valence-corrected chi connectivity index (χ0v) is 17.1. The third-order valence-electron chi connectivity index (χ3n) is 5.71. The van der Waals surface area contributed by atoms with Gasteiger partial charge in [-0.25, -0.2) is 14.6 Å². The molecule has 3 aliphatic rings. The van der Waals surface area contributed by atoms with Gasteiger partial charge in [0.1, 0.15) is 35.5 Å². The highest BCUT2D eigenvalue weighted by atomic mass is 32.2. The van der Waals surface area contributed by atoms with Crippen molar-refractivity contribution in [1.29, 1.82) is 0 Å². The number of fused-ring (bicyclic) bond motifs is 2. The van der Waals surface area contributed by atoms with Crippen LogP contribution >= 0.6 is 11.8 Å². The van der Waals surface area contributed by atoms with E-state index >= 15 is 0 Å². The molecule has 2 saturated heterocycles. The molecule has 4 N–H and O–H groups in total. The quantitative estimate of drug-likeness (QED) is 0.648. The van der Waals surface area contributed by atoms with Crippen molar-refractivity contribution in [2.75, 3.05) is 12.3 Å². The van der Waals surface area contributed by atoms with Crippen LogP contribution in [0.1, 0.15) is 39.3 Å². The summed E-state index contributed by atoms with van der Waals surface area (Å²) in [5.74, 6) is -0.457. The van der Waals surface area contributed by atoms with Crippen molar-refractivity contribution in [2.24, 2.45) is 0 Å². The minimum absolute atomic E-state index is 0.0496. The second-order valence-corrected chi connectivity index (χ2v) is 9.40. The number of aliphatic hydroxyl groups excluding tert-OH is 2. The van der Waals surface area contributed by atoms with Gasteiger partial charge < -0.3 is 30.2 Å². The minimum atomic E-state index is -0.784. The molecule has 0 spiro atoms. The lowest BCUT2D eigenvalue weighted by Crippen LogP contribution is -2.31. The highest BCUT2D eigenvalue weighted by Gasteiger charge is 2.56. The number of rotatable bonds is 4. The maximum absolute atomic E-state index is 10.3. The molecular formula is C18H25N5O5S. The van der Waals surface area contributed by atoms with E-state index in [-0.39, 0.29) is 18.0 Å². The van der Waals surface area contributed by atoms with Crippen LogP contribution in [0.25, 0.3) is 11.0 Å². The first kappa shape index (κ1) is 19.5. The first-order valence-corrected chi connectivity index (χ1v) is 10.7. The van der Waals surface area contributed by atoms with E-state index in [0.717, 1.165) is 19.3 Å². The number of ether oxygens (including phenoxy) is 3. The average molecular weight is 423 g/mol. The molecule has 4 heterocycles. The van der Waals surface area contributed by atoms with Gasteiger partial charge in [-0.2, -0.15) is 5.10 Å². The second kappa shape index (κ2) is 7.03. The van der Waals surface area contributed by atoms with Gasteiger partial charge in [-0.05, 0) is 33.1 Å². The van der Waals surface area contributed by atoms with Crippen LogP contribution in [-0.4, -0.2) is 72.0 Å². The molecule has 2 aromatic rings. The van der Waals surface area contributed by atoms with Crippen molar-refractivity contribution in [3.8, 4) is 0 Å². The first-order chi connectivity index (χ1) is 13.9. The predicted octanol–water partition coefficient (Wildman–Crippen LogP) is 0.824. The molecule has 3 fully saturated rings. The van der Waals surface area contributed by atoms with Crippen molar-refractivity contribution in [1.82, 2.24) is 19.7 Å². The Bertz CT molecular complexity index is 923. The minimum Gasteiger partial charge on any atom is -0.394 e. The molecule has 0 radical (unpaired) electrons. The van der Waals surface area contributed by atoms with E-state index in [0.29, 0.717) is 21.9 Å². The second-order valence-electron chi connectivity index (χ2n) is 8.17. The highest BCUT2D eigenvalue weighted by Crippen LogP contribution is 2.45. The first-order valence-electron chi connectivity index (χ1n) is 9.83. The zero-order chi connectivity index (χ0) is 20.3. The van der Waals surface area contributed by atoms with Gasteiger partial charge in [0.25, 0.3) is 0 Å². The molecule has 0 unspecified atom stereocenters. The van der Waals surface area contributed by atoms with Gasteiger partial charge in [0, 0.05) is 5.25 Å². The van der Waals surface area contributed by atoms with E-state index in [1.54, 1.807) is 4.68 Å². The van der Waals surface area contributed by atoms with Crippen molar-refractivity contribution in [3.05, 3.63) is 6.33 Å². The van der Waals surface area contributed by atoms with Crippen molar-refractivity contribution in [2.45, 2.75) is 79.8 Å². The summed E-state index contributed by atoms with van der Waals surface area (Å²) in [6, 6.07) is 0. The molecule has 0 bridgehead atoms. The van der Waals surface area contributed by atoms with E-state index in [4.69, 9.17) is 25.0 Å². The van der Waals surface area contributed by atoms with Gasteiger partial charge in [0.2, 0.25) is 0 Å². The molecular weight excluding hydrogens is 398 g/mol. The molecule has 6 atom stereocenters. The van der Waals surface area contributed by atoms with Gasteiger partial charge in [-0.15, -0.1) is 0 Å². The Balaban J connectivity index is 1.56. The third-order valence-corrected chi connectivity index (χ3v) is 7.07. The van der Waals surface area contributed by atoms with Crippen LogP contribution in [0.15, 0.2) is 11.4 Å². The van der Waals surface area contributed by atoms with Crippen LogP contribution in [0.3, 0.4) is 0 Å². The maximum Gasteiger partial charge on any atom is 0.181 e. The summed E-state index contributed by atoms with van der Waals surface area (Å²) in [6.45, 7) is 3.48. The number of hydrogen-bond acceptors (Lipinski definition) is 10. The lowest BCUT2D eigenvalue weighted by atomic mass is 10.1. The number of thioether (sulfide) groups is 1. The number of nitrogens with zero attached hydrogens (tertiary/aromatic N) is 4. The highest BCUT2D eigenvalue weighted by molar-refractivity contribution is 8.00. The number of aliphatic hydroxyl groups is 2. The van der Waals surface area contributed by atoms with E-state index in [1.165, 1.54) is 18.1 Å². The molecule has 0 aromatic carbocycles. The monoisotopic (exact) mass is 423 g/mol. The molecule has 0 amide bonds. The standard InChI is InChI=1S/C18H25N5O5S/c1-18(2)27-12-9(6-24)26-17(13(12)28-18)23-15-11(14(19)20-7-21-15)16(22-23)29-10-5-3-4-8(10)25/h7-10,12-13,17,24-25H,3-6H2,1-2H3,(H2,19,20,21)/t8-,9+,10-,12+,13+,17+/m0/s1. The Morgan fingerprint density at radius 1 is 1.28 bits per heavy atom. The third kappa shape index (κ3) is 3.20. The summed E-state index contributed by atoms with van der Waals surface area (Å²) in [5.41, 5.74) is 6.69. The Hall–Kier alpha value is -1.50. The van der Waals surface area contributed by atoms with E-state index in [2.05, 4.69) is 9.97 Å². The summed E-state index contributed by atoms with van der Waals surface area (Å²) < 4.78 is 19.7. The number of anilines is 1. The Labute approximate surface area is 171 Å². The van der Waals surface area contributed by atoms with Crippen LogP contribution in [0, 0.1) is 0 Å².